The number of hydrogen-bond donors (Lipinski definition) is 1. The largest absolute Gasteiger partial charge is 0.382 e. The Kier molecular flexibility index (Phi) is 2.65. The maximum atomic E-state index is 9.14. The molecule has 0 unspecified atom stereocenters. The number of nitrogen functional groups attached to an aromatic ring is 1. The monoisotopic (exact) mass is 263 g/mol. The van der Waals surface area contributed by atoms with Crippen molar-refractivity contribution in [1.82, 2.24) is 14.6 Å². The normalized spacial score (nSPS) is 10.7. The van der Waals surface area contributed by atoms with Crippen LogP contribution in [0.5, 0.6) is 0 Å². The third-order valence-electron chi connectivity index (χ3n) is 3.33. The summed E-state index contributed by atoms with van der Waals surface area (Å²) in [6, 6.07) is 12.0. The van der Waals surface area contributed by atoms with Crippen molar-refractivity contribution in [3.8, 4) is 17.2 Å². The van der Waals surface area contributed by atoms with Crippen LogP contribution in [0.1, 0.15) is 17.0 Å². The molecule has 0 spiro atoms. The van der Waals surface area contributed by atoms with Crippen LogP contribution in [-0.2, 0) is 0 Å². The first-order valence-electron chi connectivity index (χ1n) is 6.24. The summed E-state index contributed by atoms with van der Waals surface area (Å²) in [5.74, 6) is 0.334. The molecule has 0 saturated carbocycles. The van der Waals surface area contributed by atoms with Gasteiger partial charge >= 0.3 is 0 Å². The van der Waals surface area contributed by atoms with Crippen LogP contribution in [0, 0.1) is 25.2 Å². The van der Waals surface area contributed by atoms with Crippen molar-refractivity contribution < 1.29 is 0 Å². The molecule has 20 heavy (non-hydrogen) atoms. The van der Waals surface area contributed by atoms with Crippen molar-refractivity contribution >= 4 is 11.5 Å². The lowest BCUT2D eigenvalue weighted by atomic mass is 10.1. The summed E-state index contributed by atoms with van der Waals surface area (Å²) in [6.07, 6.45) is 0. The molecule has 3 aromatic rings. The summed E-state index contributed by atoms with van der Waals surface area (Å²) in [5.41, 5.74) is 10.5. The second-order valence-electron chi connectivity index (χ2n) is 4.63. The second kappa shape index (κ2) is 4.35. The molecule has 0 aliphatic rings. The summed E-state index contributed by atoms with van der Waals surface area (Å²) < 4.78 is 1.54. The Morgan fingerprint density at radius 1 is 1.15 bits per heavy atom. The minimum Gasteiger partial charge on any atom is -0.382 e. The average Bonchev–Trinajstić information content (AvgIpc) is 2.77. The predicted molar refractivity (Wildman–Crippen MR) is 77.0 cm³/mol. The molecule has 5 heteroatoms. The smallest absolute Gasteiger partial charge is 0.165 e. The fraction of sp³-hybridized carbons (Fsp3) is 0.133. The van der Waals surface area contributed by atoms with Crippen molar-refractivity contribution in [2.45, 2.75) is 13.8 Å². The zero-order chi connectivity index (χ0) is 14.3. The van der Waals surface area contributed by atoms with Crippen molar-refractivity contribution in [2.75, 3.05) is 5.73 Å². The van der Waals surface area contributed by atoms with Crippen LogP contribution in [0.3, 0.4) is 0 Å². The third kappa shape index (κ3) is 1.62. The number of aromatic nitrogens is 3. The fourth-order valence-electron chi connectivity index (χ4n) is 2.37. The van der Waals surface area contributed by atoms with E-state index in [0.717, 1.165) is 16.8 Å². The molecule has 3 rings (SSSR count). The number of rotatable bonds is 1. The van der Waals surface area contributed by atoms with Crippen molar-refractivity contribution in [1.29, 1.82) is 5.26 Å². The van der Waals surface area contributed by atoms with E-state index in [1.165, 1.54) is 0 Å². The number of nitriles is 1. The zero-order valence-electron chi connectivity index (χ0n) is 11.3. The van der Waals surface area contributed by atoms with Gasteiger partial charge in [0, 0.05) is 5.56 Å². The fourth-order valence-corrected chi connectivity index (χ4v) is 2.37. The summed E-state index contributed by atoms with van der Waals surface area (Å²) in [6.45, 7) is 3.70. The first-order chi connectivity index (χ1) is 9.63. The molecule has 5 nitrogen and oxygen atoms in total. The molecule has 0 atom stereocenters. The van der Waals surface area contributed by atoms with Gasteiger partial charge in [-0.05, 0) is 19.4 Å². The molecule has 1 aromatic carbocycles. The SMILES string of the molecule is Cc1nc2c(-c3ccccc3)c(C)nn2c(N)c1C#N. The Hall–Kier alpha value is -2.87. The molecule has 2 N–H and O–H groups in total. The quantitative estimate of drug-likeness (QED) is 0.731. The van der Waals surface area contributed by atoms with Gasteiger partial charge in [-0.2, -0.15) is 14.9 Å². The minimum atomic E-state index is 0.334. The van der Waals surface area contributed by atoms with Gasteiger partial charge in [0.2, 0.25) is 0 Å². The molecule has 2 heterocycles. The summed E-state index contributed by atoms with van der Waals surface area (Å²) in [4.78, 5) is 4.50. The van der Waals surface area contributed by atoms with E-state index in [2.05, 4.69) is 16.2 Å². The van der Waals surface area contributed by atoms with E-state index in [1.807, 2.05) is 37.3 Å². The zero-order valence-corrected chi connectivity index (χ0v) is 11.3. The highest BCUT2D eigenvalue weighted by atomic mass is 15.3. The van der Waals surface area contributed by atoms with Crippen LogP contribution in [-0.4, -0.2) is 14.6 Å². The molecule has 0 aliphatic heterocycles. The van der Waals surface area contributed by atoms with Gasteiger partial charge in [-0.1, -0.05) is 30.3 Å². The summed E-state index contributed by atoms with van der Waals surface area (Å²) >= 11 is 0. The number of benzene rings is 1. The minimum absolute atomic E-state index is 0.334. The van der Waals surface area contributed by atoms with Gasteiger partial charge in [0.25, 0.3) is 0 Å². The lowest BCUT2D eigenvalue weighted by Gasteiger charge is -2.05. The number of nitrogens with zero attached hydrogens (tertiary/aromatic N) is 4. The van der Waals surface area contributed by atoms with Gasteiger partial charge in [0.05, 0.1) is 11.4 Å². The van der Waals surface area contributed by atoms with Crippen LogP contribution in [0.4, 0.5) is 5.82 Å². The first-order valence-corrected chi connectivity index (χ1v) is 6.24. The number of fused-ring (bicyclic) bond motifs is 1. The first kappa shape index (κ1) is 12.2. The molecule has 2 aromatic heterocycles. The van der Waals surface area contributed by atoms with E-state index in [4.69, 9.17) is 11.0 Å². The van der Waals surface area contributed by atoms with Crippen LogP contribution in [0.15, 0.2) is 30.3 Å². The van der Waals surface area contributed by atoms with E-state index in [-0.39, 0.29) is 0 Å². The van der Waals surface area contributed by atoms with Crippen LogP contribution in [0.2, 0.25) is 0 Å². The molecule has 0 amide bonds. The summed E-state index contributed by atoms with van der Waals surface area (Å²) in [7, 11) is 0. The average molecular weight is 263 g/mol. The Balaban J connectivity index is 2.42. The van der Waals surface area contributed by atoms with Crippen molar-refractivity contribution in [2.24, 2.45) is 0 Å². The molecule has 0 aliphatic carbocycles. The lowest BCUT2D eigenvalue weighted by molar-refractivity contribution is 0.917. The maximum absolute atomic E-state index is 9.14. The topological polar surface area (TPSA) is 80.0 Å². The van der Waals surface area contributed by atoms with Gasteiger partial charge in [-0.3, -0.25) is 0 Å². The Morgan fingerprint density at radius 2 is 1.85 bits per heavy atom. The second-order valence-corrected chi connectivity index (χ2v) is 4.63. The van der Waals surface area contributed by atoms with E-state index in [1.54, 1.807) is 11.4 Å². The van der Waals surface area contributed by atoms with Gasteiger partial charge < -0.3 is 5.73 Å². The molecule has 0 bridgehead atoms. The lowest BCUT2D eigenvalue weighted by Crippen LogP contribution is -2.06. The Morgan fingerprint density at radius 3 is 2.50 bits per heavy atom. The highest BCUT2D eigenvalue weighted by Gasteiger charge is 2.17. The number of nitrogens with two attached hydrogens (primary N) is 1. The Bertz CT molecular complexity index is 840. The standard InChI is InChI=1S/C15H13N5/c1-9-12(8-16)14(17)20-15(18-9)13(10(2)19-20)11-6-4-3-5-7-11/h3-7H,17H2,1-2H3. The van der Waals surface area contributed by atoms with Gasteiger partial charge in [0.15, 0.2) is 5.65 Å². The van der Waals surface area contributed by atoms with E-state index >= 15 is 0 Å². The van der Waals surface area contributed by atoms with Crippen LogP contribution >= 0.6 is 0 Å². The molecular weight excluding hydrogens is 250 g/mol. The highest BCUT2D eigenvalue weighted by molar-refractivity contribution is 5.81. The number of aryl methyl sites for hydroxylation is 2. The molecule has 0 saturated heterocycles. The van der Waals surface area contributed by atoms with Crippen LogP contribution in [0.25, 0.3) is 16.8 Å². The highest BCUT2D eigenvalue weighted by Crippen LogP contribution is 2.29. The van der Waals surface area contributed by atoms with Crippen molar-refractivity contribution in [3.63, 3.8) is 0 Å². The number of anilines is 1. The van der Waals surface area contributed by atoms with E-state index < -0.39 is 0 Å². The van der Waals surface area contributed by atoms with Crippen LogP contribution < -0.4 is 5.73 Å². The predicted octanol–water partition coefficient (Wildman–Crippen LogP) is 2.47. The third-order valence-corrected chi connectivity index (χ3v) is 3.33. The van der Waals surface area contributed by atoms with Crippen molar-refractivity contribution in [3.05, 3.63) is 47.3 Å². The molecular formula is C15H13N5. The van der Waals surface area contributed by atoms with E-state index in [0.29, 0.717) is 22.7 Å². The van der Waals surface area contributed by atoms with Gasteiger partial charge in [0.1, 0.15) is 17.5 Å². The molecule has 98 valence electrons. The number of hydrogen-bond acceptors (Lipinski definition) is 4. The van der Waals surface area contributed by atoms with E-state index in [9.17, 15) is 0 Å². The molecule has 0 radical (unpaired) electrons. The van der Waals surface area contributed by atoms with Gasteiger partial charge in [-0.25, -0.2) is 4.98 Å². The maximum Gasteiger partial charge on any atom is 0.165 e. The molecule has 0 fully saturated rings. The summed E-state index contributed by atoms with van der Waals surface area (Å²) in [5, 5.41) is 13.6. The Labute approximate surface area is 116 Å². The van der Waals surface area contributed by atoms with Gasteiger partial charge in [-0.15, -0.1) is 0 Å².